The topological polar surface area (TPSA) is 29.5 Å². The van der Waals surface area contributed by atoms with Gasteiger partial charge < -0.3 is 9.84 Å². The lowest BCUT2D eigenvalue weighted by molar-refractivity contribution is 0.189. The van der Waals surface area contributed by atoms with Gasteiger partial charge in [-0.25, -0.2) is 0 Å². The van der Waals surface area contributed by atoms with Crippen LogP contribution in [-0.2, 0) is 0 Å². The van der Waals surface area contributed by atoms with E-state index in [0.717, 1.165) is 29.7 Å². The van der Waals surface area contributed by atoms with E-state index in [0.29, 0.717) is 0 Å². The lowest BCUT2D eigenvalue weighted by atomic mass is 10.1. The van der Waals surface area contributed by atoms with E-state index in [9.17, 15) is 5.11 Å². The lowest BCUT2D eigenvalue weighted by Crippen LogP contribution is -2.14. The first-order chi connectivity index (χ1) is 7.58. The van der Waals surface area contributed by atoms with E-state index in [4.69, 9.17) is 4.74 Å². The predicted octanol–water partition coefficient (Wildman–Crippen LogP) is 3.62. The summed E-state index contributed by atoms with van der Waals surface area (Å²) in [6.45, 7) is 8.06. The van der Waals surface area contributed by atoms with Crippen LogP contribution < -0.4 is 4.74 Å². The summed E-state index contributed by atoms with van der Waals surface area (Å²) in [5.74, 6) is 0.929. The third-order valence-corrected chi connectivity index (χ3v) is 2.89. The highest BCUT2D eigenvalue weighted by Gasteiger charge is 2.09. The molecule has 0 aromatic heterocycles. The molecule has 1 N–H and O–H groups in total. The molecule has 0 saturated carbocycles. The van der Waals surface area contributed by atoms with Crippen molar-refractivity contribution in [2.75, 3.05) is 0 Å². The van der Waals surface area contributed by atoms with Gasteiger partial charge in [-0.3, -0.25) is 0 Å². The Morgan fingerprint density at radius 2 is 1.88 bits per heavy atom. The van der Waals surface area contributed by atoms with Crippen LogP contribution in [0.15, 0.2) is 18.2 Å². The molecule has 1 rings (SSSR count). The molecule has 90 valence electrons. The van der Waals surface area contributed by atoms with E-state index in [1.165, 1.54) is 0 Å². The van der Waals surface area contributed by atoms with Crippen molar-refractivity contribution in [3.05, 3.63) is 29.3 Å². The van der Waals surface area contributed by atoms with E-state index >= 15 is 0 Å². The summed E-state index contributed by atoms with van der Waals surface area (Å²) < 4.78 is 5.90. The van der Waals surface area contributed by atoms with Gasteiger partial charge in [-0.15, -0.1) is 0 Å². The SMILES string of the molecule is CCC(CC)Oc1ccc([C@@H](C)O)cc1C. The third-order valence-electron chi connectivity index (χ3n) is 2.89. The average molecular weight is 222 g/mol. The Kier molecular flexibility index (Phi) is 4.81. The number of benzene rings is 1. The largest absolute Gasteiger partial charge is 0.490 e. The Balaban J connectivity index is 2.82. The third kappa shape index (κ3) is 3.24. The van der Waals surface area contributed by atoms with Crippen molar-refractivity contribution < 1.29 is 9.84 Å². The second kappa shape index (κ2) is 5.90. The van der Waals surface area contributed by atoms with Crippen molar-refractivity contribution in [2.24, 2.45) is 0 Å². The second-order valence-electron chi connectivity index (χ2n) is 4.26. The maximum absolute atomic E-state index is 9.47. The van der Waals surface area contributed by atoms with Gasteiger partial charge in [0.05, 0.1) is 12.2 Å². The normalized spacial score (nSPS) is 12.9. The zero-order valence-electron chi connectivity index (χ0n) is 10.7. The van der Waals surface area contributed by atoms with E-state index in [2.05, 4.69) is 13.8 Å². The van der Waals surface area contributed by atoms with Crippen LogP contribution in [-0.4, -0.2) is 11.2 Å². The van der Waals surface area contributed by atoms with Crippen LogP contribution in [0.5, 0.6) is 5.75 Å². The first kappa shape index (κ1) is 13.0. The summed E-state index contributed by atoms with van der Waals surface area (Å²) in [7, 11) is 0. The van der Waals surface area contributed by atoms with Crippen LogP contribution in [0.1, 0.15) is 50.8 Å². The van der Waals surface area contributed by atoms with Gasteiger partial charge in [0.1, 0.15) is 5.75 Å². The maximum atomic E-state index is 9.47. The van der Waals surface area contributed by atoms with E-state index in [1.807, 2.05) is 25.1 Å². The molecule has 1 aromatic carbocycles. The van der Waals surface area contributed by atoms with Crippen molar-refractivity contribution in [1.82, 2.24) is 0 Å². The molecule has 16 heavy (non-hydrogen) atoms. The molecule has 0 fully saturated rings. The molecule has 0 aliphatic carbocycles. The Labute approximate surface area is 98.3 Å². The van der Waals surface area contributed by atoms with Crippen LogP contribution in [0.25, 0.3) is 0 Å². The molecule has 2 nitrogen and oxygen atoms in total. The van der Waals surface area contributed by atoms with E-state index in [-0.39, 0.29) is 6.10 Å². The van der Waals surface area contributed by atoms with Gasteiger partial charge in [-0.2, -0.15) is 0 Å². The first-order valence-electron chi connectivity index (χ1n) is 6.03. The quantitative estimate of drug-likeness (QED) is 0.824. The minimum atomic E-state index is -0.416. The van der Waals surface area contributed by atoms with Gasteiger partial charge in [0.15, 0.2) is 0 Å². The van der Waals surface area contributed by atoms with Crippen molar-refractivity contribution in [1.29, 1.82) is 0 Å². The van der Waals surface area contributed by atoms with Gasteiger partial charge in [-0.1, -0.05) is 19.9 Å². The second-order valence-corrected chi connectivity index (χ2v) is 4.26. The molecule has 0 radical (unpaired) electrons. The highest BCUT2D eigenvalue weighted by Crippen LogP contribution is 2.24. The number of ether oxygens (including phenoxy) is 1. The highest BCUT2D eigenvalue weighted by molar-refractivity contribution is 5.37. The average Bonchev–Trinajstić information content (AvgIpc) is 2.27. The standard InChI is InChI=1S/C14H22O2/c1-5-13(6-2)16-14-8-7-12(11(4)15)9-10(14)3/h7-9,11,13,15H,5-6H2,1-4H3/t11-/m1/s1. The van der Waals surface area contributed by atoms with Crippen LogP contribution >= 0.6 is 0 Å². The van der Waals surface area contributed by atoms with Crippen molar-refractivity contribution in [3.63, 3.8) is 0 Å². The minimum Gasteiger partial charge on any atom is -0.490 e. The Bertz CT molecular complexity index is 328. The number of rotatable bonds is 5. The molecular formula is C14H22O2. The molecule has 1 atom stereocenters. The first-order valence-corrected chi connectivity index (χ1v) is 6.03. The number of aryl methyl sites for hydroxylation is 1. The van der Waals surface area contributed by atoms with Gasteiger partial charge >= 0.3 is 0 Å². The summed E-state index contributed by atoms with van der Waals surface area (Å²) in [5.41, 5.74) is 2.03. The summed E-state index contributed by atoms with van der Waals surface area (Å²) in [4.78, 5) is 0. The maximum Gasteiger partial charge on any atom is 0.122 e. The summed E-state index contributed by atoms with van der Waals surface area (Å²) in [6, 6.07) is 5.87. The number of hydrogen-bond acceptors (Lipinski definition) is 2. The van der Waals surface area contributed by atoms with E-state index < -0.39 is 6.10 Å². The van der Waals surface area contributed by atoms with Crippen LogP contribution in [0.2, 0.25) is 0 Å². The predicted molar refractivity (Wildman–Crippen MR) is 66.8 cm³/mol. The molecular weight excluding hydrogens is 200 g/mol. The molecule has 2 heteroatoms. The van der Waals surface area contributed by atoms with E-state index in [1.54, 1.807) is 6.92 Å². The Hall–Kier alpha value is -1.02. The van der Waals surface area contributed by atoms with Gasteiger partial charge in [0.25, 0.3) is 0 Å². The number of hydrogen-bond donors (Lipinski definition) is 1. The molecule has 0 bridgehead atoms. The molecule has 0 aliphatic rings. The minimum absolute atomic E-state index is 0.288. The summed E-state index contributed by atoms with van der Waals surface area (Å²) >= 11 is 0. The zero-order chi connectivity index (χ0) is 12.1. The highest BCUT2D eigenvalue weighted by atomic mass is 16.5. The molecule has 0 heterocycles. The fourth-order valence-corrected chi connectivity index (χ4v) is 1.70. The smallest absolute Gasteiger partial charge is 0.122 e. The van der Waals surface area contributed by atoms with Crippen LogP contribution in [0.3, 0.4) is 0 Å². The van der Waals surface area contributed by atoms with Gasteiger partial charge in [-0.05, 0) is 49.9 Å². The fraction of sp³-hybridized carbons (Fsp3) is 0.571. The Morgan fingerprint density at radius 3 is 2.31 bits per heavy atom. The molecule has 1 aromatic rings. The zero-order valence-corrected chi connectivity index (χ0v) is 10.7. The summed E-state index contributed by atoms with van der Waals surface area (Å²) in [6.07, 6.45) is 1.92. The van der Waals surface area contributed by atoms with Crippen molar-refractivity contribution in [3.8, 4) is 5.75 Å². The molecule has 0 amide bonds. The number of aliphatic hydroxyl groups is 1. The molecule has 0 spiro atoms. The molecule has 0 unspecified atom stereocenters. The van der Waals surface area contributed by atoms with Gasteiger partial charge in [0, 0.05) is 0 Å². The fourth-order valence-electron chi connectivity index (χ4n) is 1.70. The Morgan fingerprint density at radius 1 is 1.25 bits per heavy atom. The van der Waals surface area contributed by atoms with Crippen molar-refractivity contribution in [2.45, 2.75) is 52.7 Å². The summed E-state index contributed by atoms with van der Waals surface area (Å²) in [5, 5.41) is 9.47. The van der Waals surface area contributed by atoms with Gasteiger partial charge in [0.2, 0.25) is 0 Å². The molecule has 0 aliphatic heterocycles. The van der Waals surface area contributed by atoms with Crippen LogP contribution in [0.4, 0.5) is 0 Å². The monoisotopic (exact) mass is 222 g/mol. The van der Waals surface area contributed by atoms with Crippen molar-refractivity contribution >= 4 is 0 Å². The molecule has 0 saturated heterocycles. The lowest BCUT2D eigenvalue weighted by Gasteiger charge is -2.18. The number of aliphatic hydroxyl groups excluding tert-OH is 1. The van der Waals surface area contributed by atoms with Crippen LogP contribution in [0, 0.1) is 6.92 Å².